The van der Waals surface area contributed by atoms with Crippen molar-refractivity contribution < 1.29 is 34.0 Å². The number of hydrogen-bond donors (Lipinski definition) is 4. The summed E-state index contributed by atoms with van der Waals surface area (Å²) in [6, 6.07) is 23.1. The molecule has 0 radical (unpaired) electrons. The number of phenols is 2. The van der Waals surface area contributed by atoms with E-state index in [0.29, 0.717) is 22.3 Å². The molecule has 4 rings (SSSR count). The molecule has 9 nitrogen and oxygen atoms in total. The molecule has 37 heavy (non-hydrogen) atoms. The zero-order chi connectivity index (χ0) is 26.4. The van der Waals surface area contributed by atoms with Gasteiger partial charge in [0.05, 0.1) is 0 Å². The summed E-state index contributed by atoms with van der Waals surface area (Å²) in [6.07, 6.45) is -1.45. The summed E-state index contributed by atoms with van der Waals surface area (Å²) >= 11 is 0. The van der Waals surface area contributed by atoms with E-state index in [9.17, 15) is 19.8 Å². The second-order valence-electron chi connectivity index (χ2n) is 7.74. The molecule has 0 spiro atoms. The number of hydrogen-bond acceptors (Lipinski definition) is 7. The summed E-state index contributed by atoms with van der Waals surface area (Å²) in [4.78, 5) is 24.1. The maximum absolute atomic E-state index is 12.0. The molecule has 0 heterocycles. The Bertz CT molecular complexity index is 1340. The third-order valence-electron chi connectivity index (χ3n) is 5.35. The van der Waals surface area contributed by atoms with Crippen molar-refractivity contribution in [1.29, 1.82) is 0 Å². The van der Waals surface area contributed by atoms with Crippen LogP contribution >= 0.6 is 0 Å². The fourth-order valence-corrected chi connectivity index (χ4v) is 3.54. The summed E-state index contributed by atoms with van der Waals surface area (Å²) in [5, 5.41) is 25.3. The highest BCUT2D eigenvalue weighted by molar-refractivity contribution is 5.78. The van der Waals surface area contributed by atoms with Gasteiger partial charge in [-0.05, 0) is 47.5 Å². The van der Waals surface area contributed by atoms with Gasteiger partial charge in [-0.15, -0.1) is 0 Å². The number of ether oxygens (including phenoxy) is 3. The summed E-state index contributed by atoms with van der Waals surface area (Å²) in [7, 11) is 2.84. The smallest absolute Gasteiger partial charge is 0.412 e. The Morgan fingerprint density at radius 3 is 1.38 bits per heavy atom. The fourth-order valence-electron chi connectivity index (χ4n) is 3.54. The van der Waals surface area contributed by atoms with Crippen LogP contribution in [0.2, 0.25) is 0 Å². The number of carbonyl (C=O) groups is 2. The van der Waals surface area contributed by atoms with Crippen molar-refractivity contribution in [3.8, 4) is 56.8 Å². The molecule has 0 bridgehead atoms. The van der Waals surface area contributed by atoms with Crippen molar-refractivity contribution in [2.45, 2.75) is 0 Å². The summed E-state index contributed by atoms with van der Waals surface area (Å²) in [6.45, 7) is 0. The lowest BCUT2D eigenvalue weighted by Crippen LogP contribution is -2.22. The first-order chi connectivity index (χ1) is 17.9. The third kappa shape index (κ3) is 5.73. The van der Waals surface area contributed by atoms with Crippen LogP contribution in [0, 0.1) is 0 Å². The average molecular weight is 501 g/mol. The number of rotatable bonds is 6. The van der Waals surface area contributed by atoms with Crippen LogP contribution in [0.15, 0.2) is 84.9 Å². The predicted molar refractivity (Wildman–Crippen MR) is 137 cm³/mol. The monoisotopic (exact) mass is 500 g/mol. The molecule has 0 saturated carbocycles. The van der Waals surface area contributed by atoms with E-state index in [0.717, 1.165) is 0 Å². The lowest BCUT2D eigenvalue weighted by atomic mass is 10.0. The van der Waals surface area contributed by atoms with Crippen LogP contribution < -0.4 is 24.8 Å². The van der Waals surface area contributed by atoms with Gasteiger partial charge in [-0.3, -0.25) is 0 Å². The summed E-state index contributed by atoms with van der Waals surface area (Å²) in [5.74, 6) is 0.553. The molecule has 0 aliphatic heterocycles. The Morgan fingerprint density at radius 2 is 1.00 bits per heavy atom. The Labute approximate surface area is 212 Å². The maximum atomic E-state index is 12.0. The van der Waals surface area contributed by atoms with Crippen LogP contribution in [-0.2, 0) is 0 Å². The van der Waals surface area contributed by atoms with E-state index in [2.05, 4.69) is 10.6 Å². The molecule has 0 unspecified atom stereocenters. The van der Waals surface area contributed by atoms with E-state index in [-0.39, 0.29) is 34.5 Å². The number of para-hydroxylation sites is 2. The van der Waals surface area contributed by atoms with Crippen LogP contribution in [0.1, 0.15) is 0 Å². The third-order valence-corrected chi connectivity index (χ3v) is 5.35. The minimum absolute atomic E-state index is 0.0584. The first-order valence-corrected chi connectivity index (χ1v) is 11.2. The Kier molecular flexibility index (Phi) is 7.44. The van der Waals surface area contributed by atoms with E-state index in [1.54, 1.807) is 84.9 Å². The first kappa shape index (κ1) is 24.9. The highest BCUT2D eigenvalue weighted by atomic mass is 16.6. The average Bonchev–Trinajstić information content (AvgIpc) is 2.91. The van der Waals surface area contributed by atoms with E-state index < -0.39 is 12.2 Å². The Morgan fingerprint density at radius 1 is 0.595 bits per heavy atom. The van der Waals surface area contributed by atoms with Crippen molar-refractivity contribution in [3.05, 3.63) is 84.9 Å². The molecule has 0 fully saturated rings. The number of nitrogens with one attached hydrogen (secondary N) is 2. The van der Waals surface area contributed by atoms with Crippen molar-refractivity contribution in [1.82, 2.24) is 10.6 Å². The molecule has 0 atom stereocenters. The molecule has 188 valence electrons. The molecule has 0 aliphatic rings. The van der Waals surface area contributed by atoms with E-state index >= 15 is 0 Å². The van der Waals surface area contributed by atoms with Crippen LogP contribution in [0.4, 0.5) is 9.59 Å². The van der Waals surface area contributed by atoms with Gasteiger partial charge in [0.2, 0.25) is 0 Å². The van der Waals surface area contributed by atoms with E-state index in [1.807, 2.05) is 0 Å². The summed E-state index contributed by atoms with van der Waals surface area (Å²) in [5.41, 5.74) is 2.24. The number of carbonyl (C=O) groups excluding carboxylic acids is 2. The van der Waals surface area contributed by atoms with Crippen LogP contribution in [0.3, 0.4) is 0 Å². The maximum Gasteiger partial charge on any atom is 0.412 e. The van der Waals surface area contributed by atoms with Gasteiger partial charge < -0.3 is 35.1 Å². The number of benzene rings is 4. The standard InChI is InChI=1S/C28H24N2O7/c1-29-27(33)36-25-15-17(19-7-3-5-9-21(19)31)11-13-23(25)35-24-14-12-18(16-26(24)37-28(34)30-2)20-8-4-6-10-22(20)32/h3-16,31-32H,1-2H3,(H,29,33)(H,30,34). The molecule has 0 aromatic heterocycles. The zero-order valence-corrected chi connectivity index (χ0v) is 20.0. The molecule has 9 heteroatoms. The van der Waals surface area contributed by atoms with Crippen molar-refractivity contribution >= 4 is 12.2 Å². The SMILES string of the molecule is CNC(=O)Oc1cc(-c2ccccc2O)ccc1Oc1ccc(-c2ccccc2O)cc1OC(=O)NC. The molecule has 4 aromatic rings. The van der Waals surface area contributed by atoms with Gasteiger partial charge >= 0.3 is 12.2 Å². The largest absolute Gasteiger partial charge is 0.507 e. The van der Waals surface area contributed by atoms with Crippen molar-refractivity contribution in [2.24, 2.45) is 0 Å². The van der Waals surface area contributed by atoms with Gasteiger partial charge in [0.15, 0.2) is 23.0 Å². The highest BCUT2D eigenvalue weighted by Crippen LogP contribution is 2.42. The van der Waals surface area contributed by atoms with Gasteiger partial charge in [0.1, 0.15) is 11.5 Å². The predicted octanol–water partition coefficient (Wildman–Crippen LogP) is 5.66. The topological polar surface area (TPSA) is 126 Å². The Balaban J connectivity index is 1.76. The van der Waals surface area contributed by atoms with E-state index in [4.69, 9.17) is 14.2 Å². The minimum Gasteiger partial charge on any atom is -0.507 e. The van der Waals surface area contributed by atoms with E-state index in [1.165, 1.54) is 14.1 Å². The number of amides is 2. The quantitative estimate of drug-likeness (QED) is 0.269. The molecule has 2 amide bonds. The van der Waals surface area contributed by atoms with Crippen molar-refractivity contribution in [2.75, 3.05) is 14.1 Å². The molecular weight excluding hydrogens is 476 g/mol. The van der Waals surface area contributed by atoms with Crippen LogP contribution in [0.5, 0.6) is 34.5 Å². The van der Waals surface area contributed by atoms with Crippen LogP contribution in [0.25, 0.3) is 22.3 Å². The molecular formula is C28H24N2O7. The first-order valence-electron chi connectivity index (χ1n) is 11.2. The van der Waals surface area contributed by atoms with Crippen molar-refractivity contribution in [3.63, 3.8) is 0 Å². The summed E-state index contributed by atoms with van der Waals surface area (Å²) < 4.78 is 16.9. The second kappa shape index (κ2) is 11.0. The number of phenolic OH excluding ortho intramolecular Hbond substituents is 2. The Hall–Kier alpha value is -5.18. The number of aromatic hydroxyl groups is 2. The van der Waals surface area contributed by atoms with Gasteiger partial charge in [0, 0.05) is 25.2 Å². The lowest BCUT2D eigenvalue weighted by molar-refractivity contribution is 0.200. The van der Waals surface area contributed by atoms with Crippen LogP contribution in [-0.4, -0.2) is 36.5 Å². The van der Waals surface area contributed by atoms with Gasteiger partial charge in [0.25, 0.3) is 0 Å². The van der Waals surface area contributed by atoms with Gasteiger partial charge in [-0.25, -0.2) is 9.59 Å². The minimum atomic E-state index is -0.726. The molecule has 4 N–H and O–H groups in total. The fraction of sp³-hybridized carbons (Fsp3) is 0.0714. The van der Waals surface area contributed by atoms with Gasteiger partial charge in [-0.2, -0.15) is 0 Å². The highest BCUT2D eigenvalue weighted by Gasteiger charge is 2.18. The zero-order valence-electron chi connectivity index (χ0n) is 20.0. The second-order valence-corrected chi connectivity index (χ2v) is 7.74. The molecule has 0 saturated heterocycles. The normalized spacial score (nSPS) is 10.3. The molecule has 0 aliphatic carbocycles. The lowest BCUT2D eigenvalue weighted by Gasteiger charge is -2.16. The van der Waals surface area contributed by atoms with Gasteiger partial charge in [-0.1, -0.05) is 48.5 Å². The molecule has 4 aromatic carbocycles.